The minimum absolute atomic E-state index is 0.226. The van der Waals surface area contributed by atoms with Gasteiger partial charge >= 0.3 is 5.97 Å². The highest BCUT2D eigenvalue weighted by Gasteiger charge is 2.55. The standard InChI is InChI=1S/C19H17Br2NO3/c1-3-25-18(24)19(2)16-14(21)9-13(20)10-15(16)22(17(19)23)11-12-7-5-4-6-8-12/h4-10H,3,11H2,1-2H3. The summed E-state index contributed by atoms with van der Waals surface area (Å²) in [6, 6.07) is 13.4. The van der Waals surface area contributed by atoms with Gasteiger partial charge in [0.1, 0.15) is 0 Å². The van der Waals surface area contributed by atoms with Crippen LogP contribution in [0.5, 0.6) is 0 Å². The van der Waals surface area contributed by atoms with Crippen molar-refractivity contribution < 1.29 is 14.3 Å². The molecule has 2 aromatic carbocycles. The van der Waals surface area contributed by atoms with E-state index in [0.29, 0.717) is 22.3 Å². The summed E-state index contributed by atoms with van der Waals surface area (Å²) in [4.78, 5) is 27.6. The van der Waals surface area contributed by atoms with Gasteiger partial charge in [-0.2, -0.15) is 0 Å². The zero-order chi connectivity index (χ0) is 18.2. The summed E-state index contributed by atoms with van der Waals surface area (Å²) in [5.74, 6) is -0.802. The van der Waals surface area contributed by atoms with Crippen LogP contribution < -0.4 is 4.90 Å². The molecule has 1 atom stereocenters. The molecule has 0 saturated heterocycles. The third-order valence-electron chi connectivity index (χ3n) is 4.37. The van der Waals surface area contributed by atoms with Crippen molar-refractivity contribution in [1.29, 1.82) is 0 Å². The lowest BCUT2D eigenvalue weighted by molar-refractivity contribution is -0.152. The van der Waals surface area contributed by atoms with E-state index in [4.69, 9.17) is 4.74 Å². The average molecular weight is 467 g/mol. The van der Waals surface area contributed by atoms with E-state index in [1.54, 1.807) is 18.7 Å². The first kappa shape index (κ1) is 18.1. The topological polar surface area (TPSA) is 46.6 Å². The molecule has 1 aliphatic heterocycles. The Balaban J connectivity index is 2.14. The van der Waals surface area contributed by atoms with Crippen LogP contribution in [0.25, 0.3) is 0 Å². The van der Waals surface area contributed by atoms with E-state index in [1.807, 2.05) is 42.5 Å². The lowest BCUT2D eigenvalue weighted by Crippen LogP contribution is -2.44. The molecule has 3 rings (SSSR count). The number of carbonyl (C=O) groups excluding carboxylic acids is 2. The van der Waals surface area contributed by atoms with Crippen LogP contribution in [0.4, 0.5) is 5.69 Å². The molecule has 0 aliphatic carbocycles. The van der Waals surface area contributed by atoms with Crippen LogP contribution in [0.1, 0.15) is 25.0 Å². The second kappa shape index (κ2) is 6.92. The molecule has 130 valence electrons. The van der Waals surface area contributed by atoms with Crippen LogP contribution in [0, 0.1) is 0 Å². The summed E-state index contributed by atoms with van der Waals surface area (Å²) in [6.45, 7) is 3.99. The summed E-state index contributed by atoms with van der Waals surface area (Å²) in [6.07, 6.45) is 0. The van der Waals surface area contributed by atoms with E-state index >= 15 is 0 Å². The predicted molar refractivity (Wildman–Crippen MR) is 103 cm³/mol. The smallest absolute Gasteiger partial charge is 0.326 e. The molecular weight excluding hydrogens is 450 g/mol. The predicted octanol–water partition coefficient (Wildman–Crippen LogP) is 4.58. The lowest BCUT2D eigenvalue weighted by atomic mass is 9.84. The highest BCUT2D eigenvalue weighted by atomic mass is 79.9. The number of carbonyl (C=O) groups is 2. The van der Waals surface area contributed by atoms with E-state index in [0.717, 1.165) is 10.0 Å². The average Bonchev–Trinajstić information content (AvgIpc) is 2.79. The number of rotatable bonds is 4. The van der Waals surface area contributed by atoms with Crippen LogP contribution in [-0.2, 0) is 26.3 Å². The first-order valence-electron chi connectivity index (χ1n) is 7.92. The fourth-order valence-electron chi connectivity index (χ4n) is 3.14. The Labute approximate surface area is 163 Å². The van der Waals surface area contributed by atoms with Crippen LogP contribution in [-0.4, -0.2) is 18.5 Å². The van der Waals surface area contributed by atoms with E-state index in [-0.39, 0.29) is 12.5 Å². The molecule has 0 saturated carbocycles. The molecule has 0 bridgehead atoms. The van der Waals surface area contributed by atoms with Crippen LogP contribution in [0.2, 0.25) is 0 Å². The van der Waals surface area contributed by atoms with Crippen molar-refractivity contribution in [1.82, 2.24) is 0 Å². The minimum Gasteiger partial charge on any atom is -0.465 e. The molecule has 0 N–H and O–H groups in total. The number of esters is 1. The zero-order valence-corrected chi connectivity index (χ0v) is 17.1. The molecule has 1 aliphatic rings. The SMILES string of the molecule is CCOC(=O)C1(C)C(=O)N(Cc2ccccc2)c2cc(Br)cc(Br)c21. The van der Waals surface area contributed by atoms with E-state index in [2.05, 4.69) is 31.9 Å². The van der Waals surface area contributed by atoms with Crippen molar-refractivity contribution in [3.05, 3.63) is 62.5 Å². The van der Waals surface area contributed by atoms with Gasteiger partial charge < -0.3 is 9.64 Å². The van der Waals surface area contributed by atoms with Gasteiger partial charge in [-0.25, -0.2) is 0 Å². The van der Waals surface area contributed by atoms with Gasteiger partial charge in [-0.15, -0.1) is 0 Å². The van der Waals surface area contributed by atoms with Crippen LogP contribution in [0.15, 0.2) is 51.4 Å². The number of ether oxygens (including phenoxy) is 1. The molecule has 0 aromatic heterocycles. The number of anilines is 1. The fourth-order valence-corrected chi connectivity index (χ4v) is 4.74. The van der Waals surface area contributed by atoms with Crippen LogP contribution >= 0.6 is 31.9 Å². The first-order chi connectivity index (χ1) is 11.9. The highest BCUT2D eigenvalue weighted by molar-refractivity contribution is 9.11. The van der Waals surface area contributed by atoms with Gasteiger partial charge in [0, 0.05) is 14.5 Å². The zero-order valence-electron chi connectivity index (χ0n) is 13.9. The third-order valence-corrected chi connectivity index (χ3v) is 5.45. The van der Waals surface area contributed by atoms with E-state index in [1.165, 1.54) is 0 Å². The molecule has 0 fully saturated rings. The summed E-state index contributed by atoms with van der Waals surface area (Å²) in [5.41, 5.74) is 0.992. The number of hydrogen-bond donors (Lipinski definition) is 0. The summed E-state index contributed by atoms with van der Waals surface area (Å²) >= 11 is 6.99. The molecule has 25 heavy (non-hydrogen) atoms. The molecule has 2 aromatic rings. The summed E-state index contributed by atoms with van der Waals surface area (Å²) in [7, 11) is 0. The molecule has 1 amide bonds. The van der Waals surface area contributed by atoms with Crippen molar-refractivity contribution in [3.8, 4) is 0 Å². The molecule has 0 radical (unpaired) electrons. The van der Waals surface area contributed by atoms with Gasteiger partial charge in [-0.05, 0) is 31.5 Å². The molecule has 4 nitrogen and oxygen atoms in total. The van der Waals surface area contributed by atoms with Gasteiger partial charge in [0.05, 0.1) is 18.8 Å². The number of hydrogen-bond acceptors (Lipinski definition) is 3. The molecule has 0 spiro atoms. The van der Waals surface area contributed by atoms with Gasteiger partial charge in [-0.1, -0.05) is 62.2 Å². The van der Waals surface area contributed by atoms with E-state index < -0.39 is 11.4 Å². The second-order valence-electron chi connectivity index (χ2n) is 6.00. The summed E-state index contributed by atoms with van der Waals surface area (Å²) in [5, 5.41) is 0. The second-order valence-corrected chi connectivity index (χ2v) is 7.77. The van der Waals surface area contributed by atoms with Crippen molar-refractivity contribution in [2.75, 3.05) is 11.5 Å². The maximum absolute atomic E-state index is 13.3. The Kier molecular flexibility index (Phi) is 5.02. The summed E-state index contributed by atoms with van der Waals surface area (Å²) < 4.78 is 6.76. The third kappa shape index (κ3) is 3.02. The van der Waals surface area contributed by atoms with Crippen molar-refractivity contribution >= 4 is 49.4 Å². The van der Waals surface area contributed by atoms with Gasteiger partial charge in [0.2, 0.25) is 5.91 Å². The van der Waals surface area contributed by atoms with Crippen molar-refractivity contribution in [3.63, 3.8) is 0 Å². The van der Waals surface area contributed by atoms with Crippen LogP contribution in [0.3, 0.4) is 0 Å². The van der Waals surface area contributed by atoms with Gasteiger partial charge in [-0.3, -0.25) is 9.59 Å². The number of halogens is 2. The fraction of sp³-hybridized carbons (Fsp3) is 0.263. The maximum Gasteiger partial charge on any atom is 0.326 e. The maximum atomic E-state index is 13.3. The Morgan fingerprint density at radius 1 is 1.20 bits per heavy atom. The normalized spacial score (nSPS) is 19.0. The minimum atomic E-state index is -1.36. The Bertz CT molecular complexity index is 838. The van der Waals surface area contributed by atoms with Crippen molar-refractivity contribution in [2.45, 2.75) is 25.8 Å². The molecule has 1 heterocycles. The Morgan fingerprint density at radius 3 is 2.52 bits per heavy atom. The molecular formula is C19H17Br2NO3. The molecule has 1 unspecified atom stereocenters. The highest BCUT2D eigenvalue weighted by Crippen LogP contribution is 2.48. The Hall–Kier alpha value is -1.66. The van der Waals surface area contributed by atoms with Gasteiger partial charge in [0.15, 0.2) is 5.41 Å². The quantitative estimate of drug-likeness (QED) is 0.489. The number of amides is 1. The largest absolute Gasteiger partial charge is 0.465 e. The number of fused-ring (bicyclic) bond motifs is 1. The Morgan fingerprint density at radius 2 is 1.88 bits per heavy atom. The molecule has 6 heteroatoms. The number of nitrogens with zero attached hydrogens (tertiary/aromatic N) is 1. The monoisotopic (exact) mass is 465 g/mol. The number of benzene rings is 2. The van der Waals surface area contributed by atoms with E-state index in [9.17, 15) is 9.59 Å². The van der Waals surface area contributed by atoms with Gasteiger partial charge in [0.25, 0.3) is 0 Å². The first-order valence-corrected chi connectivity index (χ1v) is 9.50. The lowest BCUT2D eigenvalue weighted by Gasteiger charge is -2.23. The van der Waals surface area contributed by atoms with Crippen molar-refractivity contribution in [2.24, 2.45) is 0 Å².